The van der Waals surface area contributed by atoms with Gasteiger partial charge in [-0.15, -0.1) is 0 Å². The minimum atomic E-state index is -3.94. The van der Waals surface area contributed by atoms with Gasteiger partial charge in [-0.25, -0.2) is 17.4 Å². The number of nitriles is 1. The molecule has 0 fully saturated rings. The molecule has 0 N–H and O–H groups in total. The molecule has 0 aliphatic carbocycles. The molecule has 0 amide bonds. The molecule has 6 nitrogen and oxygen atoms in total. The standard InChI is InChI=1S/C13H7ClN4O2S/c14-13-16-8-10-5-6-18(12(10)17-13)21(19,20)11-4-2-1-3-9(11)7-15/h1-6,8H. The number of nitrogens with zero attached hydrogens (tertiary/aromatic N) is 4. The van der Waals surface area contributed by atoms with Gasteiger partial charge in [-0.2, -0.15) is 10.2 Å². The summed E-state index contributed by atoms with van der Waals surface area (Å²) in [6, 6.07) is 9.42. The van der Waals surface area contributed by atoms with Crippen molar-refractivity contribution in [2.75, 3.05) is 0 Å². The van der Waals surface area contributed by atoms with Gasteiger partial charge in [0.2, 0.25) is 5.28 Å². The summed E-state index contributed by atoms with van der Waals surface area (Å²) in [5.41, 5.74) is 0.238. The van der Waals surface area contributed by atoms with Crippen LogP contribution in [0.3, 0.4) is 0 Å². The van der Waals surface area contributed by atoms with Gasteiger partial charge in [-0.05, 0) is 29.8 Å². The van der Waals surface area contributed by atoms with Crippen molar-refractivity contribution in [3.8, 4) is 6.07 Å². The number of fused-ring (bicyclic) bond motifs is 1. The zero-order valence-electron chi connectivity index (χ0n) is 10.4. The lowest BCUT2D eigenvalue weighted by Crippen LogP contribution is -2.14. The van der Waals surface area contributed by atoms with Gasteiger partial charge in [-0.1, -0.05) is 12.1 Å². The number of halogens is 1. The van der Waals surface area contributed by atoms with Gasteiger partial charge in [0.1, 0.15) is 11.0 Å². The van der Waals surface area contributed by atoms with Gasteiger partial charge in [0.05, 0.1) is 5.56 Å². The lowest BCUT2D eigenvalue weighted by atomic mass is 10.2. The van der Waals surface area contributed by atoms with E-state index in [1.807, 2.05) is 6.07 Å². The van der Waals surface area contributed by atoms with Crippen LogP contribution < -0.4 is 0 Å². The van der Waals surface area contributed by atoms with Crippen LogP contribution in [0.25, 0.3) is 11.0 Å². The lowest BCUT2D eigenvalue weighted by Gasteiger charge is -2.08. The fourth-order valence-corrected chi connectivity index (χ4v) is 3.54. The molecular weight excluding hydrogens is 312 g/mol. The summed E-state index contributed by atoms with van der Waals surface area (Å²) in [5.74, 6) is 0. The Morgan fingerprint density at radius 1 is 1.24 bits per heavy atom. The number of rotatable bonds is 2. The van der Waals surface area contributed by atoms with Crippen molar-refractivity contribution >= 4 is 32.7 Å². The van der Waals surface area contributed by atoms with E-state index >= 15 is 0 Å². The first-order chi connectivity index (χ1) is 10.0. The highest BCUT2D eigenvalue weighted by molar-refractivity contribution is 7.90. The normalized spacial score (nSPS) is 11.4. The van der Waals surface area contributed by atoms with Gasteiger partial charge >= 0.3 is 0 Å². The van der Waals surface area contributed by atoms with Crippen LogP contribution >= 0.6 is 11.6 Å². The van der Waals surface area contributed by atoms with Gasteiger partial charge in [-0.3, -0.25) is 0 Å². The van der Waals surface area contributed by atoms with Crippen molar-refractivity contribution in [2.45, 2.75) is 4.90 Å². The maximum atomic E-state index is 12.7. The molecule has 0 aliphatic rings. The maximum Gasteiger partial charge on any atom is 0.270 e. The first-order valence-corrected chi connectivity index (χ1v) is 7.60. The summed E-state index contributed by atoms with van der Waals surface area (Å²) < 4.78 is 26.4. The molecule has 2 heterocycles. The first kappa shape index (κ1) is 13.5. The van der Waals surface area contributed by atoms with Gasteiger partial charge in [0, 0.05) is 17.8 Å². The van der Waals surface area contributed by atoms with Crippen LogP contribution in [0.15, 0.2) is 47.6 Å². The zero-order valence-corrected chi connectivity index (χ0v) is 12.0. The molecule has 3 aromatic rings. The second-order valence-electron chi connectivity index (χ2n) is 4.14. The van der Waals surface area contributed by atoms with Crippen molar-refractivity contribution in [1.29, 1.82) is 5.26 Å². The average Bonchev–Trinajstić information content (AvgIpc) is 2.90. The summed E-state index contributed by atoms with van der Waals surface area (Å²) >= 11 is 5.72. The molecular formula is C13H7ClN4O2S. The highest BCUT2D eigenvalue weighted by atomic mass is 35.5. The van der Waals surface area contributed by atoms with Crippen molar-refractivity contribution in [2.24, 2.45) is 0 Å². The molecule has 0 aliphatic heterocycles. The molecule has 0 spiro atoms. The zero-order chi connectivity index (χ0) is 15.0. The molecule has 0 saturated heterocycles. The molecule has 2 aromatic heterocycles. The van der Waals surface area contributed by atoms with Gasteiger partial charge in [0.25, 0.3) is 10.0 Å². The molecule has 104 valence electrons. The van der Waals surface area contributed by atoms with E-state index in [-0.39, 0.29) is 21.4 Å². The van der Waals surface area contributed by atoms with E-state index in [0.717, 1.165) is 3.97 Å². The Labute approximate surface area is 125 Å². The average molecular weight is 319 g/mol. The smallest absolute Gasteiger partial charge is 0.226 e. The van der Waals surface area contributed by atoms with Crippen LogP contribution in [0.1, 0.15) is 5.56 Å². The monoisotopic (exact) mass is 318 g/mol. The first-order valence-electron chi connectivity index (χ1n) is 5.78. The Morgan fingerprint density at radius 2 is 2.00 bits per heavy atom. The Kier molecular flexibility index (Phi) is 3.12. The topological polar surface area (TPSA) is 88.6 Å². The summed E-state index contributed by atoms with van der Waals surface area (Å²) in [5, 5.41) is 9.56. The Morgan fingerprint density at radius 3 is 2.76 bits per heavy atom. The summed E-state index contributed by atoms with van der Waals surface area (Å²) in [6.45, 7) is 0. The molecule has 1 aromatic carbocycles. The third-order valence-electron chi connectivity index (χ3n) is 2.91. The highest BCUT2D eigenvalue weighted by Gasteiger charge is 2.23. The second kappa shape index (κ2) is 4.84. The lowest BCUT2D eigenvalue weighted by molar-refractivity contribution is 0.588. The molecule has 8 heteroatoms. The number of hydrogen-bond acceptors (Lipinski definition) is 5. The predicted octanol–water partition coefficient (Wildman–Crippen LogP) is 2.19. The molecule has 21 heavy (non-hydrogen) atoms. The van der Waals surface area contributed by atoms with Gasteiger partial charge < -0.3 is 0 Å². The van der Waals surface area contributed by atoms with Crippen LogP contribution in [0.5, 0.6) is 0 Å². The summed E-state index contributed by atoms with van der Waals surface area (Å²) in [7, 11) is -3.94. The van der Waals surface area contributed by atoms with Crippen LogP contribution in [-0.2, 0) is 10.0 Å². The second-order valence-corrected chi connectivity index (χ2v) is 6.26. The van der Waals surface area contributed by atoms with Crippen molar-refractivity contribution < 1.29 is 8.42 Å². The largest absolute Gasteiger partial charge is 0.270 e. The van der Waals surface area contributed by atoms with Crippen LogP contribution in [0, 0.1) is 11.3 Å². The van der Waals surface area contributed by atoms with E-state index in [9.17, 15) is 8.42 Å². The highest BCUT2D eigenvalue weighted by Crippen LogP contribution is 2.23. The third kappa shape index (κ3) is 2.14. The molecule has 0 unspecified atom stereocenters. The van der Waals surface area contributed by atoms with Gasteiger partial charge in [0.15, 0.2) is 5.65 Å². The minimum absolute atomic E-state index is 0.0498. The number of benzene rings is 1. The van der Waals surface area contributed by atoms with Crippen molar-refractivity contribution in [1.82, 2.24) is 13.9 Å². The Bertz CT molecular complexity index is 989. The predicted molar refractivity (Wildman–Crippen MR) is 76.3 cm³/mol. The van der Waals surface area contributed by atoms with E-state index in [1.54, 1.807) is 18.2 Å². The number of aromatic nitrogens is 3. The van der Waals surface area contributed by atoms with E-state index in [0.29, 0.717) is 5.39 Å². The van der Waals surface area contributed by atoms with Crippen LogP contribution in [-0.4, -0.2) is 22.4 Å². The van der Waals surface area contributed by atoms with E-state index in [2.05, 4.69) is 9.97 Å². The number of hydrogen-bond donors (Lipinski definition) is 0. The molecule has 3 rings (SSSR count). The van der Waals surface area contributed by atoms with E-state index < -0.39 is 10.0 Å². The SMILES string of the molecule is N#Cc1ccccc1S(=O)(=O)n1ccc2cnc(Cl)nc21. The van der Waals surface area contributed by atoms with E-state index in [4.69, 9.17) is 16.9 Å². The van der Waals surface area contributed by atoms with Crippen molar-refractivity contribution in [3.05, 3.63) is 53.6 Å². The molecule has 0 atom stereocenters. The summed E-state index contributed by atoms with van der Waals surface area (Å²) in [6.07, 6.45) is 2.80. The summed E-state index contributed by atoms with van der Waals surface area (Å²) in [4.78, 5) is 7.66. The fourth-order valence-electron chi connectivity index (χ4n) is 1.96. The fraction of sp³-hybridized carbons (Fsp3) is 0. The Hall–Kier alpha value is -2.43. The molecule has 0 bridgehead atoms. The molecule has 0 radical (unpaired) electrons. The quantitative estimate of drug-likeness (QED) is 0.676. The Balaban J connectivity index is 2.31. The van der Waals surface area contributed by atoms with Crippen LogP contribution in [0.2, 0.25) is 5.28 Å². The third-order valence-corrected chi connectivity index (χ3v) is 4.82. The van der Waals surface area contributed by atoms with E-state index in [1.165, 1.54) is 24.5 Å². The maximum absolute atomic E-state index is 12.7. The molecule has 0 saturated carbocycles. The minimum Gasteiger partial charge on any atom is -0.226 e. The van der Waals surface area contributed by atoms with Crippen LogP contribution in [0.4, 0.5) is 0 Å². The van der Waals surface area contributed by atoms with Crippen molar-refractivity contribution in [3.63, 3.8) is 0 Å².